The van der Waals surface area contributed by atoms with E-state index < -0.39 is 12.1 Å². The van der Waals surface area contributed by atoms with E-state index in [0.717, 1.165) is 12.8 Å². The van der Waals surface area contributed by atoms with Crippen LogP contribution >= 0.6 is 11.3 Å². The highest BCUT2D eigenvalue weighted by molar-refractivity contribution is 7.11. The van der Waals surface area contributed by atoms with Gasteiger partial charge in [-0.05, 0) is 30.7 Å². The Kier molecular flexibility index (Phi) is 3.78. The summed E-state index contributed by atoms with van der Waals surface area (Å²) >= 11 is 1.32. The lowest BCUT2D eigenvalue weighted by Gasteiger charge is -2.15. The van der Waals surface area contributed by atoms with Gasteiger partial charge in [0.2, 0.25) is 0 Å². The summed E-state index contributed by atoms with van der Waals surface area (Å²) in [7, 11) is 0. The van der Waals surface area contributed by atoms with E-state index in [1.54, 1.807) is 12.1 Å². The number of thiophene rings is 1. The van der Waals surface area contributed by atoms with Gasteiger partial charge >= 0.3 is 5.97 Å². The smallest absolute Gasteiger partial charge is 0.349 e. The quantitative estimate of drug-likeness (QED) is 0.816. The monoisotopic (exact) mass is 253 g/mol. The summed E-state index contributed by atoms with van der Waals surface area (Å²) in [4.78, 5) is 24.0. The predicted molar refractivity (Wildman–Crippen MR) is 65.0 cm³/mol. The lowest BCUT2D eigenvalue weighted by molar-refractivity contribution is -0.130. The minimum absolute atomic E-state index is 0.181. The van der Waals surface area contributed by atoms with Crippen LogP contribution in [0.5, 0.6) is 0 Å². The molecule has 0 aromatic carbocycles. The van der Waals surface area contributed by atoms with Gasteiger partial charge in [0.1, 0.15) is 4.88 Å². The first-order chi connectivity index (χ1) is 8.20. The molecule has 1 fully saturated rings. The van der Waals surface area contributed by atoms with E-state index in [4.69, 9.17) is 4.74 Å². The Morgan fingerprint density at radius 3 is 2.88 bits per heavy atom. The van der Waals surface area contributed by atoms with E-state index in [1.165, 1.54) is 11.3 Å². The van der Waals surface area contributed by atoms with Crippen molar-refractivity contribution in [3.63, 3.8) is 0 Å². The van der Waals surface area contributed by atoms with Gasteiger partial charge in [-0.1, -0.05) is 13.0 Å². The van der Waals surface area contributed by atoms with Crippen molar-refractivity contribution in [2.45, 2.75) is 38.3 Å². The molecule has 1 aliphatic rings. The van der Waals surface area contributed by atoms with Gasteiger partial charge in [-0.15, -0.1) is 11.3 Å². The molecule has 92 valence electrons. The maximum absolute atomic E-state index is 11.7. The van der Waals surface area contributed by atoms with Crippen molar-refractivity contribution in [2.75, 3.05) is 0 Å². The molecule has 1 heterocycles. The average Bonchev–Trinajstić information content (AvgIpc) is 2.97. The van der Waals surface area contributed by atoms with Crippen LogP contribution in [0.4, 0.5) is 0 Å². The Hall–Kier alpha value is -1.36. The zero-order valence-corrected chi connectivity index (χ0v) is 10.5. The summed E-state index contributed by atoms with van der Waals surface area (Å²) in [5.74, 6) is -0.599. The predicted octanol–water partition coefficient (Wildman–Crippen LogP) is 1.96. The number of carbonyl (C=O) groups excluding carboxylic acids is 2. The third-order valence-electron chi connectivity index (χ3n) is 2.56. The number of esters is 1. The van der Waals surface area contributed by atoms with Gasteiger partial charge in [0, 0.05) is 6.04 Å². The Bertz CT molecular complexity index is 398. The first-order valence-electron chi connectivity index (χ1n) is 5.75. The van der Waals surface area contributed by atoms with E-state index in [-0.39, 0.29) is 11.9 Å². The van der Waals surface area contributed by atoms with Crippen LogP contribution in [0.3, 0.4) is 0 Å². The lowest BCUT2D eigenvalue weighted by Crippen LogP contribution is -2.38. The molecule has 0 radical (unpaired) electrons. The molecule has 4 nitrogen and oxygen atoms in total. The van der Waals surface area contributed by atoms with Crippen molar-refractivity contribution in [1.82, 2.24) is 5.32 Å². The fraction of sp³-hybridized carbons (Fsp3) is 0.500. The summed E-state index contributed by atoms with van der Waals surface area (Å²) in [5, 5.41) is 4.65. The van der Waals surface area contributed by atoms with E-state index in [0.29, 0.717) is 11.3 Å². The van der Waals surface area contributed by atoms with Crippen LogP contribution in [-0.2, 0) is 9.53 Å². The lowest BCUT2D eigenvalue weighted by atomic mass is 10.2. The molecular weight excluding hydrogens is 238 g/mol. The summed E-state index contributed by atoms with van der Waals surface area (Å²) < 4.78 is 5.19. The Balaban J connectivity index is 1.89. The Labute approximate surface area is 104 Å². The molecule has 1 N–H and O–H groups in total. The zero-order valence-electron chi connectivity index (χ0n) is 9.64. The van der Waals surface area contributed by atoms with Crippen LogP contribution in [0.2, 0.25) is 0 Å². The summed E-state index contributed by atoms with van der Waals surface area (Å²) in [5.41, 5.74) is 0. The van der Waals surface area contributed by atoms with Crippen LogP contribution in [0, 0.1) is 0 Å². The second-order valence-corrected chi connectivity index (χ2v) is 5.01. The molecule has 2 rings (SSSR count). The average molecular weight is 253 g/mol. The van der Waals surface area contributed by atoms with Crippen molar-refractivity contribution in [2.24, 2.45) is 0 Å². The van der Waals surface area contributed by atoms with E-state index >= 15 is 0 Å². The van der Waals surface area contributed by atoms with Crippen molar-refractivity contribution >= 4 is 23.2 Å². The molecule has 1 aromatic heterocycles. The number of ether oxygens (including phenoxy) is 1. The maximum atomic E-state index is 11.7. The van der Waals surface area contributed by atoms with Gasteiger partial charge in [-0.25, -0.2) is 4.79 Å². The zero-order chi connectivity index (χ0) is 12.3. The topological polar surface area (TPSA) is 55.4 Å². The van der Waals surface area contributed by atoms with Crippen LogP contribution in [-0.4, -0.2) is 24.0 Å². The SMILES string of the molecule is CC[C@@H](OC(=O)c1cccs1)C(=O)NC1CC1. The maximum Gasteiger partial charge on any atom is 0.349 e. The Morgan fingerprint density at radius 2 is 2.35 bits per heavy atom. The van der Waals surface area contributed by atoms with Crippen molar-refractivity contribution in [3.8, 4) is 0 Å². The number of hydrogen-bond donors (Lipinski definition) is 1. The van der Waals surface area contributed by atoms with Gasteiger partial charge in [-0.2, -0.15) is 0 Å². The molecule has 0 spiro atoms. The van der Waals surface area contributed by atoms with Gasteiger partial charge in [0.25, 0.3) is 5.91 Å². The fourth-order valence-corrected chi connectivity index (χ4v) is 2.03. The second-order valence-electron chi connectivity index (χ2n) is 4.06. The summed E-state index contributed by atoms with van der Waals surface area (Å²) in [6.45, 7) is 1.83. The molecule has 1 atom stereocenters. The molecule has 5 heteroatoms. The molecule has 1 aromatic rings. The molecule has 1 aliphatic carbocycles. The number of hydrogen-bond acceptors (Lipinski definition) is 4. The summed E-state index contributed by atoms with van der Waals surface area (Å²) in [6.07, 6.45) is 1.88. The van der Waals surface area contributed by atoms with Gasteiger partial charge in [0.15, 0.2) is 6.10 Å². The molecule has 0 bridgehead atoms. The largest absolute Gasteiger partial charge is 0.448 e. The highest BCUT2D eigenvalue weighted by Crippen LogP contribution is 2.19. The third kappa shape index (κ3) is 3.30. The van der Waals surface area contributed by atoms with Crippen LogP contribution < -0.4 is 5.32 Å². The molecule has 1 amide bonds. The number of amides is 1. The minimum Gasteiger partial charge on any atom is -0.448 e. The fourth-order valence-electron chi connectivity index (χ4n) is 1.43. The van der Waals surface area contributed by atoms with Crippen molar-refractivity contribution < 1.29 is 14.3 Å². The second kappa shape index (κ2) is 5.31. The number of rotatable bonds is 5. The highest BCUT2D eigenvalue weighted by atomic mass is 32.1. The Morgan fingerprint density at radius 1 is 1.59 bits per heavy atom. The van der Waals surface area contributed by atoms with Gasteiger partial charge in [-0.3, -0.25) is 4.79 Å². The normalized spacial score (nSPS) is 16.3. The molecule has 0 unspecified atom stereocenters. The van der Waals surface area contributed by atoms with Crippen LogP contribution in [0.1, 0.15) is 35.9 Å². The van der Waals surface area contributed by atoms with E-state index in [1.807, 2.05) is 12.3 Å². The molecule has 0 saturated heterocycles. The number of nitrogens with one attached hydrogen (secondary N) is 1. The molecule has 1 saturated carbocycles. The van der Waals surface area contributed by atoms with E-state index in [9.17, 15) is 9.59 Å². The van der Waals surface area contributed by atoms with Gasteiger partial charge in [0.05, 0.1) is 0 Å². The van der Waals surface area contributed by atoms with Crippen molar-refractivity contribution in [3.05, 3.63) is 22.4 Å². The minimum atomic E-state index is -0.676. The van der Waals surface area contributed by atoms with E-state index in [2.05, 4.69) is 5.32 Å². The molecular formula is C12H15NO3S. The number of carbonyl (C=O) groups is 2. The molecule has 17 heavy (non-hydrogen) atoms. The van der Waals surface area contributed by atoms with Crippen LogP contribution in [0.15, 0.2) is 17.5 Å². The first kappa shape index (κ1) is 12.1. The molecule has 0 aliphatic heterocycles. The third-order valence-corrected chi connectivity index (χ3v) is 3.41. The van der Waals surface area contributed by atoms with Crippen LogP contribution in [0.25, 0.3) is 0 Å². The van der Waals surface area contributed by atoms with Gasteiger partial charge < -0.3 is 10.1 Å². The first-order valence-corrected chi connectivity index (χ1v) is 6.63. The highest BCUT2D eigenvalue weighted by Gasteiger charge is 2.28. The summed E-state index contributed by atoms with van der Waals surface area (Å²) in [6, 6.07) is 3.77. The van der Waals surface area contributed by atoms with Crippen molar-refractivity contribution in [1.29, 1.82) is 0 Å². The standard InChI is InChI=1S/C12H15NO3S/c1-2-9(11(14)13-8-5-6-8)16-12(15)10-4-3-7-17-10/h3-4,7-9H,2,5-6H2,1H3,(H,13,14)/t9-/m1/s1.